The van der Waals surface area contributed by atoms with E-state index in [1.54, 1.807) is 0 Å². The summed E-state index contributed by atoms with van der Waals surface area (Å²) >= 11 is 0. The highest BCUT2D eigenvalue weighted by atomic mass is 16.5. The van der Waals surface area contributed by atoms with Crippen molar-refractivity contribution in [1.82, 2.24) is 16.0 Å². The average Bonchev–Trinajstić information content (AvgIpc) is 2.26. The number of rotatable bonds is 7. The Balaban J connectivity index is 3.91. The highest BCUT2D eigenvalue weighted by molar-refractivity contribution is 5.95. The van der Waals surface area contributed by atoms with E-state index in [-0.39, 0.29) is 13.1 Å². The number of methoxy groups -OCH3 is 1. The van der Waals surface area contributed by atoms with Gasteiger partial charge in [-0.2, -0.15) is 0 Å². The van der Waals surface area contributed by atoms with Gasteiger partial charge in [-0.1, -0.05) is 0 Å². The molecular formula is C10H19N3O5. The molecule has 0 spiro atoms. The molecule has 18 heavy (non-hydrogen) atoms. The molecule has 0 atom stereocenters. The number of hydrogen-bond acceptors (Lipinski definition) is 5. The molecule has 3 amide bonds. The van der Waals surface area contributed by atoms with E-state index in [2.05, 4.69) is 16.0 Å². The molecule has 0 bridgehead atoms. The van der Waals surface area contributed by atoms with E-state index >= 15 is 0 Å². The predicted octanol–water partition coefficient (Wildman–Crippen LogP) is -1.09. The number of imide groups is 1. The van der Waals surface area contributed by atoms with E-state index in [9.17, 15) is 14.4 Å². The molecule has 8 heteroatoms. The summed E-state index contributed by atoms with van der Waals surface area (Å²) in [5.74, 6) is -1.70. The number of ether oxygens (including phenoxy) is 1. The van der Waals surface area contributed by atoms with Crippen molar-refractivity contribution >= 4 is 17.9 Å². The van der Waals surface area contributed by atoms with Gasteiger partial charge in [-0.3, -0.25) is 20.2 Å². The van der Waals surface area contributed by atoms with Crippen LogP contribution in [0, 0.1) is 0 Å². The molecule has 0 aromatic heterocycles. The van der Waals surface area contributed by atoms with Gasteiger partial charge in [0.1, 0.15) is 5.54 Å². The number of nitrogens with one attached hydrogen (secondary N) is 3. The third-order valence-electron chi connectivity index (χ3n) is 2.07. The van der Waals surface area contributed by atoms with Gasteiger partial charge in [0.2, 0.25) is 5.91 Å². The van der Waals surface area contributed by atoms with Crippen LogP contribution in [0.1, 0.15) is 13.8 Å². The Morgan fingerprint density at radius 3 is 2.39 bits per heavy atom. The van der Waals surface area contributed by atoms with Crippen molar-refractivity contribution in [2.24, 2.45) is 0 Å². The maximum Gasteiger partial charge on any atom is 0.323 e. The quantitative estimate of drug-likeness (QED) is 0.433. The fourth-order valence-electron chi connectivity index (χ4n) is 0.859. The minimum absolute atomic E-state index is 0.267. The summed E-state index contributed by atoms with van der Waals surface area (Å²) in [6, 6.07) is -0.646. The van der Waals surface area contributed by atoms with E-state index in [0.717, 1.165) is 0 Å². The first-order chi connectivity index (χ1) is 8.29. The first kappa shape index (κ1) is 16.3. The molecule has 0 saturated carbocycles. The fourth-order valence-corrected chi connectivity index (χ4v) is 0.859. The molecule has 0 aliphatic rings. The van der Waals surface area contributed by atoms with E-state index < -0.39 is 23.4 Å². The van der Waals surface area contributed by atoms with Crippen LogP contribution in [0.5, 0.6) is 0 Å². The maximum absolute atomic E-state index is 11.3. The Labute approximate surface area is 105 Å². The molecule has 0 fully saturated rings. The second kappa shape index (κ2) is 7.62. The number of aliphatic carboxylic acids is 1. The number of carbonyl (C=O) groups is 3. The standard InChI is InChI=1S/C10H19N3O5/c1-10(2,8(15)16)12-6-7(14)13-9(17)11-4-5-18-3/h12H,4-6H2,1-3H3,(H,15,16)(H2,11,13,14,17). The molecule has 0 aliphatic heterocycles. The van der Waals surface area contributed by atoms with Crippen LogP contribution in [0.2, 0.25) is 0 Å². The molecule has 0 saturated heterocycles. The summed E-state index contributed by atoms with van der Waals surface area (Å²) in [5, 5.41) is 15.8. The van der Waals surface area contributed by atoms with Gasteiger partial charge in [0.05, 0.1) is 13.2 Å². The lowest BCUT2D eigenvalue weighted by Gasteiger charge is -2.20. The Hall–Kier alpha value is -1.67. The summed E-state index contributed by atoms with van der Waals surface area (Å²) in [7, 11) is 1.49. The minimum Gasteiger partial charge on any atom is -0.480 e. The molecule has 0 heterocycles. The average molecular weight is 261 g/mol. The van der Waals surface area contributed by atoms with Crippen LogP contribution in [0.15, 0.2) is 0 Å². The highest BCUT2D eigenvalue weighted by Crippen LogP contribution is 2.00. The lowest BCUT2D eigenvalue weighted by Crippen LogP contribution is -2.52. The van der Waals surface area contributed by atoms with Gasteiger partial charge in [0.25, 0.3) is 0 Å². The smallest absolute Gasteiger partial charge is 0.323 e. The van der Waals surface area contributed by atoms with Gasteiger partial charge < -0.3 is 15.2 Å². The van der Waals surface area contributed by atoms with Gasteiger partial charge >= 0.3 is 12.0 Å². The predicted molar refractivity (Wildman–Crippen MR) is 63.1 cm³/mol. The molecule has 104 valence electrons. The zero-order chi connectivity index (χ0) is 14.2. The van der Waals surface area contributed by atoms with Crippen molar-refractivity contribution in [2.45, 2.75) is 19.4 Å². The molecular weight excluding hydrogens is 242 g/mol. The third kappa shape index (κ3) is 6.81. The normalized spacial score (nSPS) is 10.8. The van der Waals surface area contributed by atoms with Crippen LogP contribution in [0.4, 0.5) is 4.79 Å². The molecule has 8 nitrogen and oxygen atoms in total. The van der Waals surface area contributed by atoms with E-state index in [0.29, 0.717) is 6.61 Å². The summed E-state index contributed by atoms with van der Waals surface area (Å²) in [6.07, 6.45) is 0. The van der Waals surface area contributed by atoms with Crippen LogP contribution in [0.25, 0.3) is 0 Å². The molecule has 0 aromatic rings. The van der Waals surface area contributed by atoms with Gasteiger partial charge in [0.15, 0.2) is 0 Å². The molecule has 0 aromatic carbocycles. The topological polar surface area (TPSA) is 117 Å². The first-order valence-electron chi connectivity index (χ1n) is 5.34. The lowest BCUT2D eigenvalue weighted by molar-refractivity contribution is -0.143. The summed E-state index contributed by atoms with van der Waals surface area (Å²) in [4.78, 5) is 33.2. The van der Waals surface area contributed by atoms with Crippen molar-refractivity contribution in [3.63, 3.8) is 0 Å². The van der Waals surface area contributed by atoms with Gasteiger partial charge in [-0.15, -0.1) is 0 Å². The van der Waals surface area contributed by atoms with Crippen LogP contribution < -0.4 is 16.0 Å². The van der Waals surface area contributed by atoms with Gasteiger partial charge in [0, 0.05) is 13.7 Å². The van der Waals surface area contributed by atoms with Crippen LogP contribution in [-0.2, 0) is 14.3 Å². The molecule has 4 N–H and O–H groups in total. The van der Waals surface area contributed by atoms with Gasteiger partial charge in [-0.25, -0.2) is 4.79 Å². The van der Waals surface area contributed by atoms with E-state index in [4.69, 9.17) is 9.84 Å². The van der Waals surface area contributed by atoms with Crippen LogP contribution >= 0.6 is 0 Å². The van der Waals surface area contributed by atoms with Crippen LogP contribution in [-0.4, -0.2) is 55.4 Å². The Kier molecular flexibility index (Phi) is 6.91. The van der Waals surface area contributed by atoms with Crippen LogP contribution in [0.3, 0.4) is 0 Å². The zero-order valence-electron chi connectivity index (χ0n) is 10.7. The second-order valence-electron chi connectivity index (χ2n) is 4.08. The number of hydrogen-bond donors (Lipinski definition) is 4. The van der Waals surface area contributed by atoms with E-state index in [1.807, 2.05) is 0 Å². The highest BCUT2D eigenvalue weighted by Gasteiger charge is 2.27. The summed E-state index contributed by atoms with van der Waals surface area (Å²) in [5.41, 5.74) is -1.23. The monoisotopic (exact) mass is 261 g/mol. The van der Waals surface area contributed by atoms with Crippen molar-refractivity contribution in [2.75, 3.05) is 26.8 Å². The molecule has 0 rings (SSSR count). The Morgan fingerprint density at radius 1 is 1.28 bits per heavy atom. The number of carboxylic acid groups (broad SMARTS) is 1. The Morgan fingerprint density at radius 2 is 1.89 bits per heavy atom. The molecule has 0 unspecified atom stereocenters. The van der Waals surface area contributed by atoms with Crippen molar-refractivity contribution in [3.05, 3.63) is 0 Å². The fraction of sp³-hybridized carbons (Fsp3) is 0.700. The third-order valence-corrected chi connectivity index (χ3v) is 2.07. The summed E-state index contributed by atoms with van der Waals surface area (Å²) < 4.78 is 4.71. The molecule has 0 aliphatic carbocycles. The van der Waals surface area contributed by atoms with E-state index in [1.165, 1.54) is 21.0 Å². The van der Waals surface area contributed by atoms with Crippen molar-refractivity contribution in [3.8, 4) is 0 Å². The first-order valence-corrected chi connectivity index (χ1v) is 5.34. The maximum atomic E-state index is 11.3. The molecule has 0 radical (unpaired) electrons. The number of amides is 3. The SMILES string of the molecule is COCCNC(=O)NC(=O)CNC(C)(C)C(=O)O. The number of carboxylic acids is 1. The number of carbonyl (C=O) groups excluding carboxylic acids is 2. The second-order valence-corrected chi connectivity index (χ2v) is 4.08. The van der Waals surface area contributed by atoms with Gasteiger partial charge in [-0.05, 0) is 13.8 Å². The van der Waals surface area contributed by atoms with Crippen molar-refractivity contribution in [1.29, 1.82) is 0 Å². The zero-order valence-corrected chi connectivity index (χ0v) is 10.7. The van der Waals surface area contributed by atoms with Crippen molar-refractivity contribution < 1.29 is 24.2 Å². The minimum atomic E-state index is -1.23. The number of urea groups is 1. The summed E-state index contributed by atoms with van der Waals surface area (Å²) in [6.45, 7) is 3.19. The Bertz CT molecular complexity index is 317. The largest absolute Gasteiger partial charge is 0.480 e. The lowest BCUT2D eigenvalue weighted by atomic mass is 10.1.